The fourth-order valence-corrected chi connectivity index (χ4v) is 4.31. The van der Waals surface area contributed by atoms with E-state index in [1.54, 1.807) is 41.3 Å². The van der Waals surface area contributed by atoms with Gasteiger partial charge in [-0.15, -0.1) is 5.10 Å². The van der Waals surface area contributed by atoms with Crippen LogP contribution in [0.15, 0.2) is 54.9 Å². The number of aromatic nitrogens is 3. The molecule has 1 fully saturated rings. The monoisotopic (exact) mass is 471 g/mol. The van der Waals surface area contributed by atoms with Gasteiger partial charge in [-0.25, -0.2) is 9.07 Å². The van der Waals surface area contributed by atoms with Crippen molar-refractivity contribution in [3.63, 3.8) is 0 Å². The van der Waals surface area contributed by atoms with Crippen LogP contribution in [0.1, 0.15) is 25.0 Å². The molecule has 1 aliphatic heterocycles. The molecule has 0 radical (unpaired) electrons. The minimum absolute atomic E-state index is 0.0394. The van der Waals surface area contributed by atoms with Crippen molar-refractivity contribution in [1.82, 2.24) is 24.8 Å². The van der Waals surface area contributed by atoms with Gasteiger partial charge in [0.05, 0.1) is 12.7 Å². The largest absolute Gasteiger partial charge is 0.483 e. The Hall–Kier alpha value is -2.97. The molecule has 1 saturated heterocycles. The third-order valence-corrected chi connectivity index (χ3v) is 6.15. The number of amides is 1. The lowest BCUT2D eigenvalue weighted by molar-refractivity contribution is -0.139. The lowest BCUT2D eigenvalue weighted by Gasteiger charge is -2.44. The molecule has 0 saturated carbocycles. The molecule has 1 aromatic heterocycles. The van der Waals surface area contributed by atoms with E-state index in [2.05, 4.69) is 22.1 Å². The molecule has 0 aliphatic carbocycles. The second-order valence-electron chi connectivity index (χ2n) is 8.44. The third kappa shape index (κ3) is 5.89. The number of nitrogens with zero attached hydrogens (tertiary/aromatic N) is 5. The maximum atomic E-state index is 13.2. The Balaban J connectivity index is 1.36. The maximum Gasteiger partial charge on any atom is 0.260 e. The summed E-state index contributed by atoms with van der Waals surface area (Å²) in [6, 6.07) is 12.1. The van der Waals surface area contributed by atoms with Gasteiger partial charge < -0.3 is 9.64 Å². The van der Waals surface area contributed by atoms with Crippen molar-refractivity contribution in [2.45, 2.75) is 39.0 Å². The fourth-order valence-electron chi connectivity index (χ4n) is 4.12. The highest BCUT2D eigenvalue weighted by Crippen LogP contribution is 2.24. The molecule has 1 aliphatic rings. The summed E-state index contributed by atoms with van der Waals surface area (Å²) in [7, 11) is 0. The Morgan fingerprint density at radius 2 is 1.91 bits per heavy atom. The second-order valence-corrected chi connectivity index (χ2v) is 8.88. The Labute approximate surface area is 197 Å². The first-order chi connectivity index (χ1) is 15.9. The van der Waals surface area contributed by atoms with E-state index < -0.39 is 0 Å². The van der Waals surface area contributed by atoms with E-state index in [9.17, 15) is 9.18 Å². The number of carbonyl (C=O) groups excluding carboxylic acids is 1. The molecule has 174 valence electrons. The maximum absolute atomic E-state index is 13.2. The molecule has 2 heterocycles. The zero-order valence-electron chi connectivity index (χ0n) is 18.7. The predicted octanol–water partition coefficient (Wildman–Crippen LogP) is 3.62. The Bertz CT molecular complexity index is 1080. The number of carbonyl (C=O) groups is 1. The van der Waals surface area contributed by atoms with E-state index in [1.807, 2.05) is 17.9 Å². The van der Waals surface area contributed by atoms with E-state index in [0.29, 0.717) is 23.9 Å². The van der Waals surface area contributed by atoms with Crippen molar-refractivity contribution in [2.75, 3.05) is 19.7 Å². The first kappa shape index (κ1) is 23.2. The van der Waals surface area contributed by atoms with Gasteiger partial charge in [-0.3, -0.25) is 9.69 Å². The van der Waals surface area contributed by atoms with Crippen LogP contribution in [0.5, 0.6) is 5.75 Å². The summed E-state index contributed by atoms with van der Waals surface area (Å²) in [5, 5.41) is 8.38. The van der Waals surface area contributed by atoms with Crippen LogP contribution in [0, 0.1) is 5.82 Å². The van der Waals surface area contributed by atoms with Crippen molar-refractivity contribution < 1.29 is 13.9 Å². The van der Waals surface area contributed by atoms with Crippen LogP contribution in [-0.4, -0.2) is 62.5 Å². The molecule has 2 aromatic carbocycles. The van der Waals surface area contributed by atoms with Crippen molar-refractivity contribution >= 4 is 17.5 Å². The number of piperazine rings is 1. The van der Waals surface area contributed by atoms with Gasteiger partial charge in [-0.05, 0) is 49.7 Å². The number of ether oxygens (including phenoxy) is 1. The van der Waals surface area contributed by atoms with Gasteiger partial charge in [0, 0.05) is 48.5 Å². The van der Waals surface area contributed by atoms with Crippen LogP contribution in [0.4, 0.5) is 4.39 Å². The van der Waals surface area contributed by atoms with Crippen molar-refractivity contribution in [3.8, 4) is 5.75 Å². The van der Waals surface area contributed by atoms with E-state index in [0.717, 1.165) is 24.2 Å². The minimum atomic E-state index is -0.235. The Kier molecular flexibility index (Phi) is 7.25. The molecule has 1 amide bonds. The van der Waals surface area contributed by atoms with E-state index >= 15 is 0 Å². The lowest BCUT2D eigenvalue weighted by atomic mass is 10.1. The molecule has 3 aromatic rings. The first-order valence-electron chi connectivity index (χ1n) is 10.9. The van der Waals surface area contributed by atoms with Gasteiger partial charge in [0.1, 0.15) is 11.6 Å². The minimum Gasteiger partial charge on any atom is -0.483 e. The molecule has 2 atom stereocenters. The van der Waals surface area contributed by atoms with Gasteiger partial charge in [-0.2, -0.15) is 0 Å². The molecular formula is C24H27ClFN5O2. The van der Waals surface area contributed by atoms with E-state index in [-0.39, 0.29) is 30.4 Å². The van der Waals surface area contributed by atoms with Crippen LogP contribution in [0.3, 0.4) is 0 Å². The lowest BCUT2D eigenvalue weighted by Crippen LogP contribution is -2.58. The molecule has 0 N–H and O–H groups in total. The van der Waals surface area contributed by atoms with E-state index in [4.69, 9.17) is 16.3 Å². The van der Waals surface area contributed by atoms with Crippen LogP contribution < -0.4 is 4.74 Å². The molecule has 4 rings (SSSR count). The smallest absolute Gasteiger partial charge is 0.260 e. The van der Waals surface area contributed by atoms with Gasteiger partial charge in [-0.1, -0.05) is 28.9 Å². The quantitative estimate of drug-likeness (QED) is 0.526. The standard InChI is InChI=1S/C24H27ClFN5O2/c1-17-13-31(18(2)12-29(17)14-19-3-6-22(26)7-4-19)24(32)16-33-23-8-5-21(25)11-20(23)15-30-10-9-27-28-30/h3-11,17-18H,12-16H2,1-2H3/t17-,18+/m1/s1. The summed E-state index contributed by atoms with van der Waals surface area (Å²) >= 11 is 6.16. The average molecular weight is 472 g/mol. The summed E-state index contributed by atoms with van der Waals surface area (Å²) < 4.78 is 20.8. The highest BCUT2D eigenvalue weighted by atomic mass is 35.5. The summed E-state index contributed by atoms with van der Waals surface area (Å²) in [6.07, 6.45) is 3.36. The molecule has 0 bridgehead atoms. The highest BCUT2D eigenvalue weighted by Gasteiger charge is 2.32. The Morgan fingerprint density at radius 1 is 1.12 bits per heavy atom. The zero-order valence-corrected chi connectivity index (χ0v) is 19.5. The topological polar surface area (TPSA) is 63.5 Å². The van der Waals surface area contributed by atoms with Gasteiger partial charge >= 0.3 is 0 Å². The molecule has 7 nitrogen and oxygen atoms in total. The molecule has 33 heavy (non-hydrogen) atoms. The number of benzene rings is 2. The summed E-state index contributed by atoms with van der Waals surface area (Å²) in [5.41, 5.74) is 1.88. The fraction of sp³-hybridized carbons (Fsp3) is 0.375. The zero-order chi connectivity index (χ0) is 23.4. The van der Waals surface area contributed by atoms with Gasteiger partial charge in [0.2, 0.25) is 0 Å². The normalized spacial score (nSPS) is 19.0. The van der Waals surface area contributed by atoms with Crippen LogP contribution in [-0.2, 0) is 17.9 Å². The van der Waals surface area contributed by atoms with Crippen molar-refractivity contribution in [1.29, 1.82) is 0 Å². The Morgan fingerprint density at radius 3 is 2.64 bits per heavy atom. The number of hydrogen-bond acceptors (Lipinski definition) is 5. The summed E-state index contributed by atoms with van der Waals surface area (Å²) in [5.74, 6) is 0.303. The molecule has 9 heteroatoms. The molecule has 0 unspecified atom stereocenters. The van der Waals surface area contributed by atoms with Gasteiger partial charge in [0.15, 0.2) is 6.61 Å². The SMILES string of the molecule is C[C@@H]1CN(C(=O)COc2ccc(Cl)cc2Cn2ccnn2)[C@@H](C)CN1Cc1ccc(F)cc1. The predicted molar refractivity (Wildman–Crippen MR) is 124 cm³/mol. The van der Waals surface area contributed by atoms with Crippen molar-refractivity contribution in [2.24, 2.45) is 0 Å². The summed E-state index contributed by atoms with van der Waals surface area (Å²) in [6.45, 7) is 6.60. The van der Waals surface area contributed by atoms with Crippen molar-refractivity contribution in [3.05, 3.63) is 76.8 Å². The second kappa shape index (κ2) is 10.3. The van der Waals surface area contributed by atoms with Gasteiger partial charge in [0.25, 0.3) is 5.91 Å². The molecule has 0 spiro atoms. The van der Waals surface area contributed by atoms with Crippen LogP contribution in [0.25, 0.3) is 0 Å². The van der Waals surface area contributed by atoms with Crippen LogP contribution >= 0.6 is 11.6 Å². The highest BCUT2D eigenvalue weighted by molar-refractivity contribution is 6.30. The number of rotatable bonds is 7. The van der Waals surface area contributed by atoms with E-state index in [1.165, 1.54) is 12.1 Å². The molecular weight excluding hydrogens is 445 g/mol. The number of hydrogen-bond donors (Lipinski definition) is 0. The number of halogens is 2. The third-order valence-electron chi connectivity index (χ3n) is 5.91. The first-order valence-corrected chi connectivity index (χ1v) is 11.3. The summed E-state index contributed by atoms with van der Waals surface area (Å²) in [4.78, 5) is 17.2. The van der Waals surface area contributed by atoms with Crippen LogP contribution in [0.2, 0.25) is 5.02 Å². The average Bonchev–Trinajstić information content (AvgIpc) is 3.30.